The molecule has 0 spiro atoms. The quantitative estimate of drug-likeness (QED) is 0.823. The highest BCUT2D eigenvalue weighted by Gasteiger charge is 2.38. The van der Waals surface area contributed by atoms with Crippen molar-refractivity contribution in [3.63, 3.8) is 0 Å². The third-order valence-electron chi connectivity index (χ3n) is 3.44. The lowest BCUT2D eigenvalue weighted by Crippen LogP contribution is -2.13. The normalized spacial score (nSPS) is 26.1. The maximum Gasteiger partial charge on any atom is 0.121 e. The lowest BCUT2D eigenvalue weighted by molar-refractivity contribution is 0.411. The molecule has 2 N–H and O–H groups in total. The molecular formula is C13H19NO. The van der Waals surface area contributed by atoms with Crippen LogP contribution in [0.25, 0.3) is 0 Å². The Morgan fingerprint density at radius 1 is 1.47 bits per heavy atom. The summed E-state index contributed by atoms with van der Waals surface area (Å²) in [5.41, 5.74) is 8.61. The molecule has 3 unspecified atom stereocenters. The van der Waals surface area contributed by atoms with Crippen molar-refractivity contribution in [1.82, 2.24) is 0 Å². The zero-order valence-corrected chi connectivity index (χ0v) is 9.66. The molecule has 0 bridgehead atoms. The lowest BCUT2D eigenvalue weighted by Gasteiger charge is -2.13. The van der Waals surface area contributed by atoms with Crippen LogP contribution in [0.5, 0.6) is 5.75 Å². The molecule has 15 heavy (non-hydrogen) atoms. The summed E-state index contributed by atoms with van der Waals surface area (Å²) >= 11 is 0. The summed E-state index contributed by atoms with van der Waals surface area (Å²) in [5.74, 6) is 2.41. The smallest absolute Gasteiger partial charge is 0.121 e. The Morgan fingerprint density at radius 3 is 2.60 bits per heavy atom. The fourth-order valence-corrected chi connectivity index (χ4v) is 2.21. The number of methoxy groups -OCH3 is 1. The Morgan fingerprint density at radius 2 is 2.13 bits per heavy atom. The number of nitrogens with two attached hydrogens (primary N) is 1. The van der Waals surface area contributed by atoms with Crippen molar-refractivity contribution in [2.75, 3.05) is 7.11 Å². The van der Waals surface area contributed by atoms with Gasteiger partial charge < -0.3 is 10.5 Å². The number of hydrogen-bond donors (Lipinski definition) is 1. The standard InChI is InChI=1S/C13H19NO/c1-8-7-11(8)13(14)10-4-5-12(15-3)9(2)6-10/h4-6,8,11,13H,7,14H2,1-3H3. The molecule has 0 aliphatic heterocycles. The van der Waals surface area contributed by atoms with Crippen molar-refractivity contribution in [3.8, 4) is 5.75 Å². The Hall–Kier alpha value is -1.02. The molecule has 1 aliphatic rings. The molecule has 2 nitrogen and oxygen atoms in total. The van der Waals surface area contributed by atoms with Gasteiger partial charge in [0.05, 0.1) is 7.11 Å². The number of rotatable bonds is 3. The van der Waals surface area contributed by atoms with Crippen LogP contribution in [0, 0.1) is 18.8 Å². The van der Waals surface area contributed by atoms with Crippen molar-refractivity contribution in [3.05, 3.63) is 29.3 Å². The fraction of sp³-hybridized carbons (Fsp3) is 0.538. The molecule has 0 heterocycles. The van der Waals surface area contributed by atoms with Gasteiger partial charge in [-0.05, 0) is 42.4 Å². The summed E-state index contributed by atoms with van der Waals surface area (Å²) in [6.07, 6.45) is 1.27. The molecule has 1 fully saturated rings. The lowest BCUT2D eigenvalue weighted by atomic mass is 10.00. The van der Waals surface area contributed by atoms with Crippen LogP contribution in [-0.2, 0) is 0 Å². The number of benzene rings is 1. The van der Waals surface area contributed by atoms with Gasteiger partial charge >= 0.3 is 0 Å². The summed E-state index contributed by atoms with van der Waals surface area (Å²) in [6, 6.07) is 6.44. The average molecular weight is 205 g/mol. The highest BCUT2D eigenvalue weighted by atomic mass is 16.5. The Bertz CT molecular complexity index is 362. The van der Waals surface area contributed by atoms with Gasteiger partial charge in [-0.1, -0.05) is 19.1 Å². The SMILES string of the molecule is COc1ccc(C(N)C2CC2C)cc1C. The van der Waals surface area contributed by atoms with Gasteiger partial charge in [-0.25, -0.2) is 0 Å². The van der Waals surface area contributed by atoms with E-state index in [1.165, 1.54) is 17.5 Å². The Kier molecular flexibility index (Phi) is 2.70. The Labute approximate surface area is 91.4 Å². The van der Waals surface area contributed by atoms with Crippen molar-refractivity contribution in [2.24, 2.45) is 17.6 Å². The van der Waals surface area contributed by atoms with E-state index >= 15 is 0 Å². The van der Waals surface area contributed by atoms with Gasteiger partial charge in [0.1, 0.15) is 5.75 Å². The molecule has 2 heteroatoms. The molecule has 3 atom stereocenters. The van der Waals surface area contributed by atoms with Gasteiger partial charge in [-0.2, -0.15) is 0 Å². The summed E-state index contributed by atoms with van der Waals surface area (Å²) < 4.78 is 5.24. The molecule has 0 aromatic heterocycles. The van der Waals surface area contributed by atoms with Crippen LogP contribution in [-0.4, -0.2) is 7.11 Å². The largest absolute Gasteiger partial charge is 0.496 e. The fourth-order valence-electron chi connectivity index (χ4n) is 2.21. The summed E-state index contributed by atoms with van der Waals surface area (Å²) in [6.45, 7) is 4.33. The molecular weight excluding hydrogens is 186 g/mol. The van der Waals surface area contributed by atoms with Crippen molar-refractivity contribution >= 4 is 0 Å². The van der Waals surface area contributed by atoms with E-state index < -0.39 is 0 Å². The first-order valence-electron chi connectivity index (χ1n) is 5.53. The molecule has 82 valence electrons. The van der Waals surface area contributed by atoms with E-state index in [0.717, 1.165) is 11.7 Å². The van der Waals surface area contributed by atoms with E-state index in [0.29, 0.717) is 5.92 Å². The van der Waals surface area contributed by atoms with E-state index in [9.17, 15) is 0 Å². The second-order valence-electron chi connectivity index (χ2n) is 4.63. The van der Waals surface area contributed by atoms with Gasteiger partial charge in [0, 0.05) is 6.04 Å². The van der Waals surface area contributed by atoms with Gasteiger partial charge in [0.15, 0.2) is 0 Å². The first-order chi connectivity index (χ1) is 7.13. The topological polar surface area (TPSA) is 35.2 Å². The average Bonchev–Trinajstić information content (AvgIpc) is 2.94. The van der Waals surface area contributed by atoms with E-state index in [1.54, 1.807) is 7.11 Å². The van der Waals surface area contributed by atoms with Crippen molar-refractivity contribution < 1.29 is 4.74 Å². The van der Waals surface area contributed by atoms with E-state index in [2.05, 4.69) is 26.0 Å². The molecule has 0 amide bonds. The van der Waals surface area contributed by atoms with E-state index in [4.69, 9.17) is 10.5 Å². The number of ether oxygens (including phenoxy) is 1. The molecule has 1 saturated carbocycles. The summed E-state index contributed by atoms with van der Waals surface area (Å²) in [5, 5.41) is 0. The van der Waals surface area contributed by atoms with Crippen LogP contribution in [0.15, 0.2) is 18.2 Å². The molecule has 0 radical (unpaired) electrons. The van der Waals surface area contributed by atoms with Crippen LogP contribution in [0.1, 0.15) is 30.5 Å². The minimum Gasteiger partial charge on any atom is -0.496 e. The maximum absolute atomic E-state index is 6.21. The van der Waals surface area contributed by atoms with Gasteiger partial charge in [-0.3, -0.25) is 0 Å². The first-order valence-corrected chi connectivity index (χ1v) is 5.53. The molecule has 1 aliphatic carbocycles. The van der Waals surface area contributed by atoms with Gasteiger partial charge in [0.2, 0.25) is 0 Å². The van der Waals surface area contributed by atoms with Gasteiger partial charge in [0.25, 0.3) is 0 Å². The Balaban J connectivity index is 2.18. The van der Waals surface area contributed by atoms with Crippen molar-refractivity contribution in [1.29, 1.82) is 0 Å². The van der Waals surface area contributed by atoms with Crippen LogP contribution < -0.4 is 10.5 Å². The third-order valence-corrected chi connectivity index (χ3v) is 3.44. The predicted octanol–water partition coefficient (Wildman–Crippen LogP) is 2.66. The molecule has 2 rings (SSSR count). The van der Waals surface area contributed by atoms with Crippen molar-refractivity contribution in [2.45, 2.75) is 26.3 Å². The number of hydrogen-bond acceptors (Lipinski definition) is 2. The third kappa shape index (κ3) is 2.00. The number of aryl methyl sites for hydroxylation is 1. The van der Waals surface area contributed by atoms with E-state index in [-0.39, 0.29) is 6.04 Å². The predicted molar refractivity (Wildman–Crippen MR) is 61.9 cm³/mol. The second kappa shape index (κ2) is 3.86. The minimum atomic E-state index is 0.199. The summed E-state index contributed by atoms with van der Waals surface area (Å²) in [4.78, 5) is 0. The molecule has 1 aromatic carbocycles. The van der Waals surface area contributed by atoms with Crippen LogP contribution in [0.3, 0.4) is 0 Å². The highest BCUT2D eigenvalue weighted by Crippen LogP contribution is 2.46. The highest BCUT2D eigenvalue weighted by molar-refractivity contribution is 5.37. The molecule has 0 saturated heterocycles. The first kappa shape index (κ1) is 10.5. The van der Waals surface area contributed by atoms with Crippen LogP contribution in [0.2, 0.25) is 0 Å². The molecule has 1 aromatic rings. The zero-order valence-electron chi connectivity index (χ0n) is 9.66. The minimum absolute atomic E-state index is 0.199. The van der Waals surface area contributed by atoms with Crippen LogP contribution in [0.4, 0.5) is 0 Å². The van der Waals surface area contributed by atoms with Gasteiger partial charge in [-0.15, -0.1) is 0 Å². The zero-order chi connectivity index (χ0) is 11.0. The summed E-state index contributed by atoms with van der Waals surface area (Å²) in [7, 11) is 1.70. The van der Waals surface area contributed by atoms with Crippen LogP contribution >= 0.6 is 0 Å². The second-order valence-corrected chi connectivity index (χ2v) is 4.63. The maximum atomic E-state index is 6.21. The monoisotopic (exact) mass is 205 g/mol. The van der Waals surface area contributed by atoms with E-state index in [1.807, 2.05) is 6.07 Å².